The third-order valence-electron chi connectivity index (χ3n) is 3.61. The molecular formula is C15H25N3O2. The molecule has 112 valence electrons. The lowest BCUT2D eigenvalue weighted by molar-refractivity contribution is -0.117. The van der Waals surface area contributed by atoms with Gasteiger partial charge in [-0.3, -0.25) is 15.0 Å². The average molecular weight is 279 g/mol. The summed E-state index contributed by atoms with van der Waals surface area (Å²) in [5.74, 6) is 0.415. The Bertz CT molecular complexity index is 440. The second-order valence-electron chi connectivity index (χ2n) is 6.56. The Morgan fingerprint density at radius 1 is 1.30 bits per heavy atom. The number of carbonyl (C=O) groups is 1. The molecular weight excluding hydrogens is 254 g/mol. The number of carbonyl (C=O) groups excluding carboxylic acids is 1. The molecule has 1 aromatic heterocycles. The molecule has 2 heterocycles. The van der Waals surface area contributed by atoms with Crippen LogP contribution in [-0.2, 0) is 10.2 Å². The van der Waals surface area contributed by atoms with E-state index in [0.29, 0.717) is 12.4 Å². The topological polar surface area (TPSA) is 58.4 Å². The molecule has 0 aliphatic carbocycles. The van der Waals surface area contributed by atoms with Crippen molar-refractivity contribution in [1.29, 1.82) is 0 Å². The molecule has 1 N–H and O–H groups in total. The van der Waals surface area contributed by atoms with Crippen LogP contribution in [0.3, 0.4) is 0 Å². The maximum Gasteiger partial charge on any atom is 0.240 e. The Labute approximate surface area is 120 Å². The molecule has 1 aliphatic rings. The van der Waals surface area contributed by atoms with Crippen molar-refractivity contribution in [2.24, 2.45) is 0 Å². The number of rotatable bonds is 3. The predicted octanol–water partition coefficient (Wildman–Crippen LogP) is 2.79. The van der Waals surface area contributed by atoms with Crippen LogP contribution in [0.25, 0.3) is 0 Å². The Hall–Kier alpha value is -1.36. The fourth-order valence-corrected chi connectivity index (χ4v) is 2.36. The van der Waals surface area contributed by atoms with Gasteiger partial charge in [0, 0.05) is 11.5 Å². The van der Waals surface area contributed by atoms with E-state index in [-0.39, 0.29) is 11.3 Å². The van der Waals surface area contributed by atoms with Crippen molar-refractivity contribution in [3.63, 3.8) is 0 Å². The summed E-state index contributed by atoms with van der Waals surface area (Å²) in [5.41, 5.74) is 0.777. The highest BCUT2D eigenvalue weighted by atomic mass is 16.5. The number of hydrogen-bond acceptors (Lipinski definition) is 4. The van der Waals surface area contributed by atoms with Gasteiger partial charge in [0.15, 0.2) is 0 Å². The minimum atomic E-state index is -0.0722. The lowest BCUT2D eigenvalue weighted by atomic mass is 9.92. The third kappa shape index (κ3) is 4.34. The van der Waals surface area contributed by atoms with E-state index in [1.54, 1.807) is 6.07 Å². The zero-order valence-corrected chi connectivity index (χ0v) is 12.7. The van der Waals surface area contributed by atoms with E-state index in [0.717, 1.165) is 18.8 Å². The Kier molecular flexibility index (Phi) is 4.81. The van der Waals surface area contributed by atoms with Crippen molar-refractivity contribution in [2.75, 3.05) is 25.0 Å². The molecule has 0 radical (unpaired) electrons. The summed E-state index contributed by atoms with van der Waals surface area (Å²) in [6.07, 6.45) is 4.91. The van der Waals surface area contributed by atoms with E-state index in [1.807, 2.05) is 0 Å². The van der Waals surface area contributed by atoms with Crippen LogP contribution in [-0.4, -0.2) is 35.6 Å². The largest absolute Gasteiger partial charge is 0.338 e. The van der Waals surface area contributed by atoms with E-state index >= 15 is 0 Å². The van der Waals surface area contributed by atoms with Gasteiger partial charge in [0.05, 0.1) is 12.2 Å². The van der Waals surface area contributed by atoms with Crippen LogP contribution in [0.4, 0.5) is 5.88 Å². The fraction of sp³-hybridized carbons (Fsp3) is 0.733. The molecule has 5 heteroatoms. The molecule has 1 saturated heterocycles. The number of hydrogen-bond donors (Lipinski definition) is 1. The molecule has 2 rings (SSSR count). The standard InChI is InChI=1S/C15H25N3O2/c1-15(2,3)12-10-14(20-17-12)16-13(19)11-18-8-6-4-5-7-9-18/h10H,4-9,11H2,1-3H3,(H,16,19). The maximum atomic E-state index is 12.0. The Balaban J connectivity index is 1.86. The maximum absolute atomic E-state index is 12.0. The van der Waals surface area contributed by atoms with Crippen LogP contribution in [0.5, 0.6) is 0 Å². The first-order valence-corrected chi connectivity index (χ1v) is 7.44. The third-order valence-corrected chi connectivity index (χ3v) is 3.61. The molecule has 1 amide bonds. The summed E-state index contributed by atoms with van der Waals surface area (Å²) >= 11 is 0. The van der Waals surface area contributed by atoms with Gasteiger partial charge in [-0.2, -0.15) is 0 Å². The number of nitrogens with one attached hydrogen (secondary N) is 1. The predicted molar refractivity (Wildman–Crippen MR) is 78.7 cm³/mol. The SMILES string of the molecule is CC(C)(C)c1cc(NC(=O)CN2CCCCCC2)on1. The fourth-order valence-electron chi connectivity index (χ4n) is 2.36. The van der Waals surface area contributed by atoms with Crippen LogP contribution in [0.1, 0.15) is 52.1 Å². The van der Waals surface area contributed by atoms with E-state index in [4.69, 9.17) is 4.52 Å². The molecule has 0 aromatic carbocycles. The van der Waals surface area contributed by atoms with Gasteiger partial charge in [0.25, 0.3) is 0 Å². The van der Waals surface area contributed by atoms with E-state index in [1.165, 1.54) is 25.7 Å². The molecule has 0 saturated carbocycles. The highest BCUT2D eigenvalue weighted by Crippen LogP contribution is 2.23. The second-order valence-corrected chi connectivity index (χ2v) is 6.56. The molecule has 0 spiro atoms. The van der Waals surface area contributed by atoms with E-state index in [2.05, 4.69) is 36.1 Å². The number of nitrogens with zero attached hydrogens (tertiary/aromatic N) is 2. The molecule has 1 aliphatic heterocycles. The van der Waals surface area contributed by atoms with Crippen LogP contribution in [0.15, 0.2) is 10.6 Å². The number of anilines is 1. The summed E-state index contributed by atoms with van der Waals surface area (Å²) in [4.78, 5) is 14.2. The van der Waals surface area contributed by atoms with Crippen LogP contribution >= 0.6 is 0 Å². The quantitative estimate of drug-likeness (QED) is 0.924. The first-order chi connectivity index (χ1) is 9.45. The number of amides is 1. The van der Waals surface area contributed by atoms with Gasteiger partial charge in [0.2, 0.25) is 11.8 Å². The van der Waals surface area contributed by atoms with Crippen molar-refractivity contribution in [1.82, 2.24) is 10.1 Å². The Morgan fingerprint density at radius 3 is 2.50 bits per heavy atom. The number of likely N-dealkylation sites (tertiary alicyclic amines) is 1. The highest BCUT2D eigenvalue weighted by Gasteiger charge is 2.20. The first-order valence-electron chi connectivity index (χ1n) is 7.44. The lowest BCUT2D eigenvalue weighted by Gasteiger charge is -2.18. The molecule has 5 nitrogen and oxygen atoms in total. The smallest absolute Gasteiger partial charge is 0.240 e. The summed E-state index contributed by atoms with van der Waals surface area (Å²) in [5, 5.41) is 6.79. The van der Waals surface area contributed by atoms with Gasteiger partial charge in [-0.05, 0) is 25.9 Å². The lowest BCUT2D eigenvalue weighted by Crippen LogP contribution is -2.33. The minimum Gasteiger partial charge on any atom is -0.338 e. The van der Waals surface area contributed by atoms with Crippen LogP contribution in [0, 0.1) is 0 Å². The number of aromatic nitrogens is 1. The first kappa shape index (κ1) is 15.0. The summed E-state index contributed by atoms with van der Waals surface area (Å²) < 4.78 is 5.18. The Morgan fingerprint density at radius 2 is 1.95 bits per heavy atom. The zero-order chi connectivity index (χ0) is 14.6. The van der Waals surface area contributed by atoms with Gasteiger partial charge in [-0.1, -0.05) is 38.8 Å². The van der Waals surface area contributed by atoms with E-state index in [9.17, 15) is 4.79 Å². The summed E-state index contributed by atoms with van der Waals surface area (Å²) in [6, 6.07) is 1.81. The molecule has 0 bridgehead atoms. The normalized spacial score (nSPS) is 17.8. The molecule has 0 unspecified atom stereocenters. The van der Waals surface area contributed by atoms with Crippen molar-refractivity contribution in [2.45, 2.75) is 51.9 Å². The van der Waals surface area contributed by atoms with E-state index < -0.39 is 0 Å². The van der Waals surface area contributed by atoms with Gasteiger partial charge < -0.3 is 4.52 Å². The van der Waals surface area contributed by atoms with Gasteiger partial charge in [-0.25, -0.2) is 0 Å². The van der Waals surface area contributed by atoms with Crippen LogP contribution in [0.2, 0.25) is 0 Å². The molecule has 1 aromatic rings. The van der Waals surface area contributed by atoms with Crippen molar-refractivity contribution >= 4 is 11.8 Å². The zero-order valence-electron chi connectivity index (χ0n) is 12.7. The monoisotopic (exact) mass is 279 g/mol. The average Bonchev–Trinajstić information content (AvgIpc) is 2.67. The van der Waals surface area contributed by atoms with Crippen molar-refractivity contribution in [3.8, 4) is 0 Å². The van der Waals surface area contributed by atoms with Crippen molar-refractivity contribution in [3.05, 3.63) is 11.8 Å². The summed E-state index contributed by atoms with van der Waals surface area (Å²) in [6.45, 7) is 8.65. The van der Waals surface area contributed by atoms with Gasteiger partial charge >= 0.3 is 0 Å². The van der Waals surface area contributed by atoms with Gasteiger partial charge in [0.1, 0.15) is 0 Å². The highest BCUT2D eigenvalue weighted by molar-refractivity contribution is 5.90. The molecule has 20 heavy (non-hydrogen) atoms. The van der Waals surface area contributed by atoms with Crippen LogP contribution < -0.4 is 5.32 Å². The minimum absolute atomic E-state index is 0.0245. The van der Waals surface area contributed by atoms with Gasteiger partial charge in [-0.15, -0.1) is 0 Å². The molecule has 0 atom stereocenters. The van der Waals surface area contributed by atoms with Crippen molar-refractivity contribution < 1.29 is 9.32 Å². The summed E-state index contributed by atoms with van der Waals surface area (Å²) in [7, 11) is 0. The molecule has 1 fully saturated rings. The second kappa shape index (κ2) is 6.39.